The Hall–Kier alpha value is -3.28. The van der Waals surface area contributed by atoms with Crippen LogP contribution < -0.4 is 0 Å². The van der Waals surface area contributed by atoms with E-state index in [1.165, 1.54) is 23.1 Å². The number of rotatable bonds is 6. The fourth-order valence-corrected chi connectivity index (χ4v) is 5.81. The van der Waals surface area contributed by atoms with Crippen LogP contribution in [0.25, 0.3) is 17.1 Å². The third-order valence-corrected chi connectivity index (χ3v) is 7.95. The molecular formula is C24H22ClN7O2S2. The fourth-order valence-electron chi connectivity index (χ4n) is 3.89. The minimum Gasteiger partial charge on any atom is -0.339 e. The van der Waals surface area contributed by atoms with Crippen molar-refractivity contribution >= 4 is 46.5 Å². The molecule has 1 aliphatic heterocycles. The van der Waals surface area contributed by atoms with E-state index in [9.17, 15) is 9.59 Å². The minimum absolute atomic E-state index is 0.0350. The van der Waals surface area contributed by atoms with Gasteiger partial charge in [-0.3, -0.25) is 19.1 Å². The van der Waals surface area contributed by atoms with Crippen molar-refractivity contribution < 1.29 is 9.59 Å². The van der Waals surface area contributed by atoms with Crippen molar-refractivity contribution in [2.24, 2.45) is 0 Å². The van der Waals surface area contributed by atoms with Gasteiger partial charge in [0.2, 0.25) is 5.91 Å². The van der Waals surface area contributed by atoms with Gasteiger partial charge in [-0.05, 0) is 30.3 Å². The van der Waals surface area contributed by atoms with Gasteiger partial charge in [0.15, 0.2) is 11.0 Å². The van der Waals surface area contributed by atoms with Crippen LogP contribution >= 0.6 is 34.7 Å². The zero-order valence-electron chi connectivity index (χ0n) is 19.4. The van der Waals surface area contributed by atoms with E-state index in [4.69, 9.17) is 11.6 Å². The number of hydrogen-bond donors (Lipinski definition) is 0. The number of thioether (sulfide) groups is 1. The smallest absolute Gasteiger partial charge is 0.273 e. The van der Waals surface area contributed by atoms with E-state index in [0.29, 0.717) is 53.6 Å². The molecule has 4 heterocycles. The molecular weight excluding hydrogens is 518 g/mol. The summed E-state index contributed by atoms with van der Waals surface area (Å²) in [5.74, 6) is 1.15. The summed E-state index contributed by atoms with van der Waals surface area (Å²) in [6.45, 7) is 3.68. The van der Waals surface area contributed by atoms with Crippen molar-refractivity contribution in [1.82, 2.24) is 34.5 Å². The Labute approximate surface area is 221 Å². The molecule has 0 unspecified atom stereocenters. The summed E-state index contributed by atoms with van der Waals surface area (Å²) in [4.78, 5) is 36.6. The molecule has 0 N–H and O–H groups in total. The number of pyridine rings is 1. The van der Waals surface area contributed by atoms with Gasteiger partial charge < -0.3 is 9.80 Å². The first-order chi connectivity index (χ1) is 17.5. The average molecular weight is 540 g/mol. The second-order valence-corrected chi connectivity index (χ2v) is 10.4. The Bertz CT molecular complexity index is 1380. The second-order valence-electron chi connectivity index (χ2n) is 8.07. The Morgan fingerprint density at radius 2 is 1.81 bits per heavy atom. The molecule has 4 aromatic rings. The second kappa shape index (κ2) is 10.8. The maximum Gasteiger partial charge on any atom is 0.273 e. The molecule has 3 aromatic heterocycles. The molecule has 1 saturated heterocycles. The summed E-state index contributed by atoms with van der Waals surface area (Å²) in [6, 6.07) is 11.3. The number of aromatic nitrogens is 5. The Morgan fingerprint density at radius 1 is 1.06 bits per heavy atom. The summed E-state index contributed by atoms with van der Waals surface area (Å²) in [6.07, 6.45) is 3.43. The highest BCUT2D eigenvalue weighted by molar-refractivity contribution is 7.98. The van der Waals surface area contributed by atoms with Crippen LogP contribution in [0.4, 0.5) is 0 Å². The quantitative estimate of drug-likeness (QED) is 0.341. The zero-order valence-corrected chi connectivity index (χ0v) is 21.8. The van der Waals surface area contributed by atoms with Crippen molar-refractivity contribution in [3.63, 3.8) is 0 Å². The molecule has 0 radical (unpaired) electrons. The molecule has 0 atom stereocenters. The molecule has 0 spiro atoms. The summed E-state index contributed by atoms with van der Waals surface area (Å²) in [7, 11) is 0. The van der Waals surface area contributed by atoms with Gasteiger partial charge >= 0.3 is 0 Å². The molecule has 1 fully saturated rings. The van der Waals surface area contributed by atoms with Crippen molar-refractivity contribution in [2.75, 3.05) is 26.2 Å². The molecule has 184 valence electrons. The van der Waals surface area contributed by atoms with Crippen molar-refractivity contribution in [2.45, 2.75) is 17.8 Å². The molecule has 9 nitrogen and oxygen atoms in total. The van der Waals surface area contributed by atoms with Gasteiger partial charge in [0.25, 0.3) is 5.91 Å². The van der Waals surface area contributed by atoms with Gasteiger partial charge in [-0.25, -0.2) is 4.98 Å². The number of carbonyl (C=O) groups excluding carboxylic acids is 2. The van der Waals surface area contributed by atoms with Crippen LogP contribution in [0.2, 0.25) is 5.02 Å². The highest BCUT2D eigenvalue weighted by atomic mass is 35.5. The van der Waals surface area contributed by atoms with Crippen LogP contribution in [-0.4, -0.2) is 72.5 Å². The van der Waals surface area contributed by atoms with E-state index in [-0.39, 0.29) is 11.8 Å². The summed E-state index contributed by atoms with van der Waals surface area (Å²) >= 11 is 9.20. The standard InChI is InChI=1S/C24H22ClN7O2S2/c1-16(33)30-9-11-31(12-10-30)23(34)20-14-35-21(27-20)15-36-24-29-28-22(17-5-7-26-8-6-17)32(24)19-4-2-3-18(25)13-19/h2-8,13-14H,9-12,15H2,1H3. The van der Waals surface area contributed by atoms with Crippen LogP contribution in [0.3, 0.4) is 0 Å². The highest BCUT2D eigenvalue weighted by Crippen LogP contribution is 2.31. The SMILES string of the molecule is CC(=O)N1CCN(C(=O)c2csc(CSc3nnc(-c4ccncc4)n3-c3cccc(Cl)c3)n2)CC1. The topological polar surface area (TPSA) is 97.1 Å². The number of hydrogen-bond acceptors (Lipinski definition) is 8. The lowest BCUT2D eigenvalue weighted by Crippen LogP contribution is -2.50. The van der Waals surface area contributed by atoms with Gasteiger partial charge in [-0.15, -0.1) is 21.5 Å². The monoisotopic (exact) mass is 539 g/mol. The molecule has 0 saturated carbocycles. The van der Waals surface area contributed by atoms with E-state index in [0.717, 1.165) is 16.3 Å². The number of halogens is 1. The van der Waals surface area contributed by atoms with Crippen molar-refractivity contribution in [1.29, 1.82) is 0 Å². The average Bonchev–Trinajstić information content (AvgIpc) is 3.55. The molecule has 0 aliphatic carbocycles. The first kappa shape index (κ1) is 24.4. The third-order valence-electron chi connectivity index (χ3n) is 5.75. The van der Waals surface area contributed by atoms with Crippen LogP contribution in [0, 0.1) is 0 Å². The van der Waals surface area contributed by atoms with Crippen LogP contribution in [-0.2, 0) is 10.5 Å². The van der Waals surface area contributed by atoms with E-state index in [2.05, 4.69) is 20.2 Å². The van der Waals surface area contributed by atoms with Gasteiger partial charge in [-0.1, -0.05) is 29.4 Å². The zero-order chi connectivity index (χ0) is 25.1. The van der Waals surface area contributed by atoms with E-state index >= 15 is 0 Å². The molecule has 2 amide bonds. The first-order valence-electron chi connectivity index (χ1n) is 11.2. The lowest BCUT2D eigenvalue weighted by atomic mass is 10.2. The predicted octanol–water partition coefficient (Wildman–Crippen LogP) is 4.04. The molecule has 1 aromatic carbocycles. The lowest BCUT2D eigenvalue weighted by Gasteiger charge is -2.33. The number of carbonyl (C=O) groups is 2. The predicted molar refractivity (Wildman–Crippen MR) is 139 cm³/mol. The first-order valence-corrected chi connectivity index (χ1v) is 13.5. The third kappa shape index (κ3) is 5.28. The van der Waals surface area contributed by atoms with Gasteiger partial charge in [-0.2, -0.15) is 0 Å². The van der Waals surface area contributed by atoms with E-state index in [1.54, 1.807) is 34.5 Å². The van der Waals surface area contributed by atoms with Crippen LogP contribution in [0.15, 0.2) is 59.3 Å². The summed E-state index contributed by atoms with van der Waals surface area (Å²) < 4.78 is 1.96. The fraction of sp³-hybridized carbons (Fsp3) is 0.250. The largest absolute Gasteiger partial charge is 0.339 e. The highest BCUT2D eigenvalue weighted by Gasteiger charge is 2.25. The van der Waals surface area contributed by atoms with Crippen molar-refractivity contribution in [3.05, 3.63) is 69.9 Å². The van der Waals surface area contributed by atoms with Crippen LogP contribution in [0.5, 0.6) is 0 Å². The molecule has 0 bridgehead atoms. The Balaban J connectivity index is 1.32. The molecule has 1 aliphatic rings. The van der Waals surface area contributed by atoms with Gasteiger partial charge in [0, 0.05) is 61.5 Å². The number of amides is 2. The van der Waals surface area contributed by atoms with Crippen molar-refractivity contribution in [3.8, 4) is 17.1 Å². The molecule has 5 rings (SSSR count). The number of benzene rings is 1. The summed E-state index contributed by atoms with van der Waals surface area (Å²) in [5, 5.41) is 12.8. The number of piperazine rings is 1. The number of thiazole rings is 1. The summed E-state index contributed by atoms with van der Waals surface area (Å²) in [5.41, 5.74) is 2.17. The number of nitrogens with zero attached hydrogens (tertiary/aromatic N) is 7. The van der Waals surface area contributed by atoms with Gasteiger partial charge in [0.05, 0.1) is 11.4 Å². The molecule has 12 heteroatoms. The Morgan fingerprint density at radius 3 is 2.53 bits per heavy atom. The minimum atomic E-state index is -0.104. The van der Waals surface area contributed by atoms with E-state index < -0.39 is 0 Å². The Kier molecular flexibility index (Phi) is 7.30. The normalized spacial score (nSPS) is 13.7. The maximum absolute atomic E-state index is 12.9. The van der Waals surface area contributed by atoms with E-state index in [1.807, 2.05) is 41.0 Å². The molecule has 36 heavy (non-hydrogen) atoms. The maximum atomic E-state index is 12.9. The van der Waals surface area contributed by atoms with Gasteiger partial charge in [0.1, 0.15) is 10.7 Å². The lowest BCUT2D eigenvalue weighted by molar-refractivity contribution is -0.130. The van der Waals surface area contributed by atoms with Crippen LogP contribution in [0.1, 0.15) is 22.4 Å².